The van der Waals surface area contributed by atoms with Crippen LogP contribution in [0, 0.1) is 6.92 Å². The summed E-state index contributed by atoms with van der Waals surface area (Å²) in [6, 6.07) is 13.9. The molecule has 0 radical (unpaired) electrons. The van der Waals surface area contributed by atoms with Crippen LogP contribution in [0.1, 0.15) is 37.9 Å². The minimum Gasteiger partial charge on any atom is -0.352 e. The van der Waals surface area contributed by atoms with Crippen LogP contribution < -0.4 is 16.6 Å². The number of aromatic nitrogens is 2. The molecule has 1 N–H and O–H groups in total. The molecule has 0 saturated heterocycles. The topological polar surface area (TPSA) is 73.1 Å². The Kier molecular flexibility index (Phi) is 5.49. The zero-order valence-corrected chi connectivity index (χ0v) is 16.6. The molecule has 0 fully saturated rings. The van der Waals surface area contributed by atoms with Crippen molar-refractivity contribution in [2.75, 3.05) is 0 Å². The van der Waals surface area contributed by atoms with Crippen LogP contribution in [0.25, 0.3) is 10.9 Å². The van der Waals surface area contributed by atoms with E-state index in [1.54, 1.807) is 19.1 Å². The van der Waals surface area contributed by atoms with E-state index in [0.717, 1.165) is 11.1 Å². The number of hydrogen-bond acceptors (Lipinski definition) is 3. The highest BCUT2D eigenvalue weighted by Gasteiger charge is 2.22. The monoisotopic (exact) mass is 379 g/mol. The van der Waals surface area contributed by atoms with Gasteiger partial charge >= 0.3 is 5.69 Å². The molecule has 0 aliphatic carbocycles. The highest BCUT2D eigenvalue weighted by molar-refractivity contribution is 5.84. The van der Waals surface area contributed by atoms with Gasteiger partial charge in [0.2, 0.25) is 5.91 Å². The Hall–Kier alpha value is -3.15. The van der Waals surface area contributed by atoms with Gasteiger partial charge in [0.15, 0.2) is 0 Å². The summed E-state index contributed by atoms with van der Waals surface area (Å²) in [5.74, 6) is -0.260. The minimum absolute atomic E-state index is 0.0469. The average Bonchev–Trinajstić information content (AvgIpc) is 2.66. The van der Waals surface area contributed by atoms with Crippen molar-refractivity contribution in [2.24, 2.45) is 0 Å². The van der Waals surface area contributed by atoms with Crippen LogP contribution in [0.2, 0.25) is 0 Å². The number of rotatable bonds is 5. The van der Waals surface area contributed by atoms with Crippen molar-refractivity contribution in [1.82, 2.24) is 14.5 Å². The fraction of sp³-hybridized carbons (Fsp3) is 0.318. The first-order chi connectivity index (χ1) is 13.3. The van der Waals surface area contributed by atoms with E-state index in [4.69, 9.17) is 0 Å². The van der Waals surface area contributed by atoms with E-state index in [1.807, 2.05) is 57.2 Å². The van der Waals surface area contributed by atoms with Crippen molar-refractivity contribution < 1.29 is 4.79 Å². The highest BCUT2D eigenvalue weighted by Crippen LogP contribution is 2.16. The van der Waals surface area contributed by atoms with Crippen molar-refractivity contribution in [3.63, 3.8) is 0 Å². The summed E-state index contributed by atoms with van der Waals surface area (Å²) >= 11 is 0. The second-order valence-corrected chi connectivity index (χ2v) is 7.39. The van der Waals surface area contributed by atoms with E-state index in [2.05, 4.69) is 5.32 Å². The molecule has 3 rings (SSSR count). The molecule has 1 aromatic heterocycles. The fourth-order valence-corrected chi connectivity index (χ4v) is 3.30. The largest absolute Gasteiger partial charge is 0.352 e. The summed E-state index contributed by atoms with van der Waals surface area (Å²) in [5.41, 5.74) is 1.40. The van der Waals surface area contributed by atoms with Crippen LogP contribution >= 0.6 is 0 Å². The summed E-state index contributed by atoms with van der Waals surface area (Å²) in [6.45, 7) is 7.46. The summed E-state index contributed by atoms with van der Waals surface area (Å²) in [5, 5.41) is 3.27. The maximum absolute atomic E-state index is 13.3. The van der Waals surface area contributed by atoms with E-state index in [0.29, 0.717) is 10.9 Å². The van der Waals surface area contributed by atoms with Crippen molar-refractivity contribution in [3.8, 4) is 0 Å². The molecule has 0 spiro atoms. The van der Waals surface area contributed by atoms with E-state index in [-0.39, 0.29) is 24.1 Å². The smallest absolute Gasteiger partial charge is 0.332 e. The predicted molar refractivity (Wildman–Crippen MR) is 111 cm³/mol. The summed E-state index contributed by atoms with van der Waals surface area (Å²) in [7, 11) is 0. The predicted octanol–water partition coefficient (Wildman–Crippen LogP) is 2.61. The van der Waals surface area contributed by atoms with Gasteiger partial charge in [-0.05, 0) is 45.4 Å². The van der Waals surface area contributed by atoms with E-state index < -0.39 is 11.7 Å². The third-order valence-electron chi connectivity index (χ3n) is 4.71. The zero-order valence-electron chi connectivity index (χ0n) is 16.6. The molecular formula is C22H25N3O3. The molecule has 0 bridgehead atoms. The molecule has 0 aliphatic heterocycles. The van der Waals surface area contributed by atoms with E-state index in [1.165, 1.54) is 9.13 Å². The quantitative estimate of drug-likeness (QED) is 0.741. The second kappa shape index (κ2) is 7.84. The Morgan fingerprint density at radius 2 is 1.71 bits per heavy atom. The molecule has 1 heterocycles. The van der Waals surface area contributed by atoms with Gasteiger partial charge in [0.05, 0.1) is 17.4 Å². The SMILES string of the molecule is Cc1ccc2c(c1)c(=O)n(Cc1ccccc1)c(=O)n2[C@@H](C)C(=O)NC(C)C. The highest BCUT2D eigenvalue weighted by atomic mass is 16.2. The van der Waals surface area contributed by atoms with Gasteiger partial charge < -0.3 is 5.32 Å². The second-order valence-electron chi connectivity index (χ2n) is 7.39. The summed E-state index contributed by atoms with van der Waals surface area (Å²) < 4.78 is 2.62. The Morgan fingerprint density at radius 3 is 2.36 bits per heavy atom. The molecule has 1 amide bonds. The molecule has 1 atom stereocenters. The van der Waals surface area contributed by atoms with E-state index >= 15 is 0 Å². The molecular weight excluding hydrogens is 354 g/mol. The number of amides is 1. The average molecular weight is 379 g/mol. The lowest BCUT2D eigenvalue weighted by molar-refractivity contribution is -0.124. The van der Waals surface area contributed by atoms with Gasteiger partial charge in [0.25, 0.3) is 5.56 Å². The van der Waals surface area contributed by atoms with Gasteiger partial charge in [-0.3, -0.25) is 18.7 Å². The van der Waals surface area contributed by atoms with Crippen molar-refractivity contribution in [1.29, 1.82) is 0 Å². The fourth-order valence-electron chi connectivity index (χ4n) is 3.30. The van der Waals surface area contributed by atoms with Gasteiger partial charge in [-0.1, -0.05) is 42.0 Å². The first-order valence-electron chi connectivity index (χ1n) is 9.39. The van der Waals surface area contributed by atoms with Crippen LogP contribution in [0.3, 0.4) is 0 Å². The Labute approximate surface area is 163 Å². The van der Waals surface area contributed by atoms with Gasteiger partial charge in [-0.2, -0.15) is 0 Å². The molecule has 0 saturated carbocycles. The lowest BCUT2D eigenvalue weighted by Crippen LogP contribution is -2.45. The number of hydrogen-bond donors (Lipinski definition) is 1. The maximum atomic E-state index is 13.3. The number of nitrogens with one attached hydrogen (secondary N) is 1. The normalized spacial score (nSPS) is 12.3. The number of fused-ring (bicyclic) bond motifs is 1. The lowest BCUT2D eigenvalue weighted by Gasteiger charge is -2.21. The summed E-state index contributed by atoms with van der Waals surface area (Å²) in [4.78, 5) is 39.0. The van der Waals surface area contributed by atoms with Crippen molar-refractivity contribution >= 4 is 16.8 Å². The van der Waals surface area contributed by atoms with E-state index in [9.17, 15) is 14.4 Å². The lowest BCUT2D eigenvalue weighted by atomic mass is 10.1. The zero-order chi connectivity index (χ0) is 20.4. The van der Waals surface area contributed by atoms with Crippen molar-refractivity contribution in [3.05, 3.63) is 80.5 Å². The van der Waals surface area contributed by atoms with Gasteiger partial charge in [-0.25, -0.2) is 4.79 Å². The maximum Gasteiger partial charge on any atom is 0.332 e. The van der Waals surface area contributed by atoms with Crippen molar-refractivity contribution in [2.45, 2.75) is 46.3 Å². The molecule has 0 aliphatic rings. The number of carbonyl (C=O) groups is 1. The number of carbonyl (C=O) groups excluding carboxylic acids is 1. The summed E-state index contributed by atoms with van der Waals surface area (Å²) in [6.07, 6.45) is 0. The molecule has 6 heteroatoms. The van der Waals surface area contributed by atoms with Crippen LogP contribution in [0.15, 0.2) is 58.1 Å². The van der Waals surface area contributed by atoms with Gasteiger partial charge in [-0.15, -0.1) is 0 Å². The van der Waals surface area contributed by atoms with Gasteiger partial charge in [0, 0.05) is 6.04 Å². The van der Waals surface area contributed by atoms with Gasteiger partial charge in [0.1, 0.15) is 6.04 Å². The van der Waals surface area contributed by atoms with Crippen LogP contribution in [0.4, 0.5) is 0 Å². The Balaban J connectivity index is 2.26. The number of benzene rings is 2. The van der Waals surface area contributed by atoms with Crippen LogP contribution in [0.5, 0.6) is 0 Å². The molecule has 6 nitrogen and oxygen atoms in total. The van der Waals surface area contributed by atoms with Crippen LogP contribution in [-0.4, -0.2) is 21.1 Å². The molecule has 0 unspecified atom stereocenters. The molecule has 3 aromatic rings. The standard InChI is InChI=1S/C22H25N3O3/c1-14(2)23-20(26)16(4)25-19-11-10-15(3)12-18(19)21(27)24(22(25)28)13-17-8-6-5-7-9-17/h5-12,14,16H,13H2,1-4H3,(H,23,26)/t16-/m0/s1. The molecule has 146 valence electrons. The first kappa shape index (κ1) is 19.6. The Morgan fingerprint density at radius 1 is 1.04 bits per heavy atom. The van der Waals surface area contributed by atoms with Crippen LogP contribution in [-0.2, 0) is 11.3 Å². The Bertz CT molecular complexity index is 1130. The number of aryl methyl sites for hydroxylation is 1. The third-order valence-corrected chi connectivity index (χ3v) is 4.71. The number of nitrogens with zero attached hydrogens (tertiary/aromatic N) is 2. The third kappa shape index (κ3) is 3.76. The first-order valence-corrected chi connectivity index (χ1v) is 9.39. The molecule has 28 heavy (non-hydrogen) atoms. The minimum atomic E-state index is -0.747. The molecule has 2 aromatic carbocycles.